The van der Waals surface area contributed by atoms with Gasteiger partial charge in [-0.3, -0.25) is 10.1 Å². The third-order valence-corrected chi connectivity index (χ3v) is 5.88. The molecule has 0 saturated heterocycles. The number of benzene rings is 3. The van der Waals surface area contributed by atoms with Crippen molar-refractivity contribution >= 4 is 33.1 Å². The van der Waals surface area contributed by atoms with Crippen LogP contribution in [0, 0.1) is 0 Å². The number of hydrogen-bond donors (Lipinski definition) is 1. The molecule has 0 aliphatic heterocycles. The van der Waals surface area contributed by atoms with E-state index in [1.54, 1.807) is 11.3 Å². The van der Waals surface area contributed by atoms with Gasteiger partial charge in [-0.1, -0.05) is 60.7 Å². The summed E-state index contributed by atoms with van der Waals surface area (Å²) in [6.07, 6.45) is 2.01. The summed E-state index contributed by atoms with van der Waals surface area (Å²) < 4.78 is 0. The van der Waals surface area contributed by atoms with Crippen molar-refractivity contribution in [3.05, 3.63) is 82.7 Å². The predicted molar refractivity (Wildman–Crippen MR) is 107 cm³/mol. The normalized spacial score (nSPS) is 12.5. The van der Waals surface area contributed by atoms with Crippen LogP contribution in [0.25, 0.3) is 22.0 Å². The van der Waals surface area contributed by atoms with Crippen LogP contribution in [0.1, 0.15) is 20.8 Å². The van der Waals surface area contributed by atoms with E-state index in [1.165, 1.54) is 16.0 Å². The van der Waals surface area contributed by atoms with Gasteiger partial charge in [0, 0.05) is 16.0 Å². The van der Waals surface area contributed by atoms with Crippen LogP contribution >= 0.6 is 11.3 Å². The van der Waals surface area contributed by atoms with Crippen LogP contribution in [0.5, 0.6) is 0 Å². The lowest BCUT2D eigenvalue weighted by atomic mass is 9.94. The maximum atomic E-state index is 12.8. The van der Waals surface area contributed by atoms with E-state index in [0.29, 0.717) is 10.7 Å². The number of thiazole rings is 1. The molecule has 3 nitrogen and oxygen atoms in total. The molecule has 1 heterocycles. The Morgan fingerprint density at radius 3 is 2.69 bits per heavy atom. The quantitative estimate of drug-likeness (QED) is 0.528. The molecule has 0 bridgehead atoms. The molecule has 0 fully saturated rings. The molecular weight excluding hydrogens is 340 g/mol. The number of amides is 1. The summed E-state index contributed by atoms with van der Waals surface area (Å²) in [4.78, 5) is 18.8. The Bertz CT molecular complexity index is 1140. The summed E-state index contributed by atoms with van der Waals surface area (Å²) in [5, 5.41) is 5.70. The Hall–Kier alpha value is -2.98. The minimum absolute atomic E-state index is 0.110. The summed E-state index contributed by atoms with van der Waals surface area (Å²) in [5.41, 5.74) is 4.22. The van der Waals surface area contributed by atoms with Gasteiger partial charge in [0.15, 0.2) is 5.13 Å². The molecule has 26 heavy (non-hydrogen) atoms. The topological polar surface area (TPSA) is 42.0 Å². The Kier molecular flexibility index (Phi) is 3.57. The maximum absolute atomic E-state index is 12.8. The highest BCUT2D eigenvalue weighted by Gasteiger charge is 2.21. The first-order chi connectivity index (χ1) is 12.8. The van der Waals surface area contributed by atoms with Gasteiger partial charge >= 0.3 is 0 Å². The Balaban J connectivity index is 1.49. The molecule has 0 unspecified atom stereocenters. The zero-order valence-corrected chi connectivity index (χ0v) is 14.8. The van der Waals surface area contributed by atoms with Crippen molar-refractivity contribution < 1.29 is 4.79 Å². The fourth-order valence-electron chi connectivity index (χ4n) is 3.59. The molecule has 3 aromatic carbocycles. The molecule has 1 N–H and O–H groups in total. The Morgan fingerprint density at radius 1 is 0.923 bits per heavy atom. The number of nitrogens with one attached hydrogen (secondary N) is 1. The second kappa shape index (κ2) is 6.07. The number of anilines is 1. The Morgan fingerprint density at radius 2 is 1.73 bits per heavy atom. The molecule has 0 radical (unpaired) electrons. The van der Waals surface area contributed by atoms with E-state index in [-0.39, 0.29) is 5.91 Å². The van der Waals surface area contributed by atoms with Crippen LogP contribution in [0.2, 0.25) is 0 Å². The first kappa shape index (κ1) is 15.3. The van der Waals surface area contributed by atoms with Crippen molar-refractivity contribution in [1.82, 2.24) is 4.98 Å². The van der Waals surface area contributed by atoms with E-state index in [1.807, 2.05) is 48.5 Å². The highest BCUT2D eigenvalue weighted by atomic mass is 32.1. The average Bonchev–Trinajstić information content (AvgIpc) is 3.10. The fourth-order valence-corrected chi connectivity index (χ4v) is 4.56. The summed E-state index contributed by atoms with van der Waals surface area (Å²) >= 11 is 1.58. The Labute approximate surface area is 155 Å². The second-order valence-corrected chi connectivity index (χ2v) is 7.51. The van der Waals surface area contributed by atoms with Gasteiger partial charge in [0.2, 0.25) is 0 Å². The molecule has 0 atom stereocenters. The molecule has 5 rings (SSSR count). The summed E-state index contributed by atoms with van der Waals surface area (Å²) in [5.74, 6) is -0.110. The second-order valence-electron chi connectivity index (χ2n) is 6.43. The molecule has 4 heteroatoms. The molecule has 1 aliphatic rings. The summed E-state index contributed by atoms with van der Waals surface area (Å²) in [6, 6.07) is 22.1. The lowest BCUT2D eigenvalue weighted by molar-refractivity contribution is 0.102. The van der Waals surface area contributed by atoms with Gasteiger partial charge in [0.25, 0.3) is 5.91 Å². The first-order valence-corrected chi connectivity index (χ1v) is 9.48. The molecule has 0 saturated carbocycles. The number of nitrogens with zero attached hydrogens (tertiary/aromatic N) is 1. The highest BCUT2D eigenvalue weighted by molar-refractivity contribution is 7.16. The smallest absolute Gasteiger partial charge is 0.258 e. The van der Waals surface area contributed by atoms with Gasteiger partial charge in [-0.05, 0) is 35.2 Å². The van der Waals surface area contributed by atoms with Crippen molar-refractivity contribution in [2.45, 2.75) is 12.8 Å². The number of aromatic nitrogens is 1. The van der Waals surface area contributed by atoms with Crippen LogP contribution in [-0.4, -0.2) is 10.9 Å². The van der Waals surface area contributed by atoms with Crippen molar-refractivity contribution in [1.29, 1.82) is 0 Å². The van der Waals surface area contributed by atoms with Gasteiger partial charge < -0.3 is 0 Å². The fraction of sp³-hybridized carbons (Fsp3) is 0.0909. The number of hydrogen-bond acceptors (Lipinski definition) is 3. The lowest BCUT2D eigenvalue weighted by Crippen LogP contribution is -2.12. The minimum Gasteiger partial charge on any atom is -0.298 e. The highest BCUT2D eigenvalue weighted by Crippen LogP contribution is 2.38. The van der Waals surface area contributed by atoms with Crippen molar-refractivity contribution in [3.63, 3.8) is 0 Å². The maximum Gasteiger partial charge on any atom is 0.258 e. The van der Waals surface area contributed by atoms with E-state index in [2.05, 4.69) is 23.5 Å². The first-order valence-electron chi connectivity index (χ1n) is 8.67. The molecule has 1 aliphatic carbocycles. The van der Waals surface area contributed by atoms with Crippen LogP contribution in [-0.2, 0) is 12.8 Å². The van der Waals surface area contributed by atoms with E-state index in [0.717, 1.165) is 29.3 Å². The van der Waals surface area contributed by atoms with Gasteiger partial charge in [-0.15, -0.1) is 11.3 Å². The van der Waals surface area contributed by atoms with Crippen LogP contribution < -0.4 is 5.32 Å². The van der Waals surface area contributed by atoms with Crippen molar-refractivity contribution in [2.24, 2.45) is 0 Å². The number of carbonyl (C=O) groups is 1. The van der Waals surface area contributed by atoms with E-state index in [4.69, 9.17) is 4.98 Å². The van der Waals surface area contributed by atoms with Gasteiger partial charge in [-0.2, -0.15) is 0 Å². The average molecular weight is 356 g/mol. The van der Waals surface area contributed by atoms with Gasteiger partial charge in [0.05, 0.1) is 5.69 Å². The standard InChI is InChI=1S/C22H16N2OS/c25-21(18-11-5-8-14-6-1-3-9-16(14)18)24-22-23-20-17-10-4-2-7-15(17)12-13-19(20)26-22/h1-11H,12-13H2,(H,23,24,25). The van der Waals surface area contributed by atoms with Crippen molar-refractivity contribution in [2.75, 3.05) is 5.32 Å². The predicted octanol–water partition coefficient (Wildman–Crippen LogP) is 5.31. The molecule has 0 spiro atoms. The summed E-state index contributed by atoms with van der Waals surface area (Å²) in [6.45, 7) is 0. The SMILES string of the molecule is O=C(Nc1nc2c(s1)CCc1ccccc1-2)c1cccc2ccccc12. The molecule has 4 aromatic rings. The summed E-state index contributed by atoms with van der Waals surface area (Å²) in [7, 11) is 0. The van der Waals surface area contributed by atoms with Crippen LogP contribution in [0.4, 0.5) is 5.13 Å². The van der Waals surface area contributed by atoms with Gasteiger partial charge in [-0.25, -0.2) is 4.98 Å². The van der Waals surface area contributed by atoms with Crippen LogP contribution in [0.15, 0.2) is 66.7 Å². The van der Waals surface area contributed by atoms with E-state index in [9.17, 15) is 4.79 Å². The van der Waals surface area contributed by atoms with Gasteiger partial charge in [0.1, 0.15) is 0 Å². The van der Waals surface area contributed by atoms with Crippen LogP contribution in [0.3, 0.4) is 0 Å². The number of aryl methyl sites for hydroxylation is 2. The molecule has 1 amide bonds. The molecule has 1 aromatic heterocycles. The van der Waals surface area contributed by atoms with E-state index < -0.39 is 0 Å². The minimum atomic E-state index is -0.110. The zero-order valence-electron chi connectivity index (χ0n) is 14.0. The third kappa shape index (κ3) is 2.50. The van der Waals surface area contributed by atoms with Crippen molar-refractivity contribution in [3.8, 4) is 11.3 Å². The largest absolute Gasteiger partial charge is 0.298 e. The monoisotopic (exact) mass is 356 g/mol. The number of rotatable bonds is 2. The number of fused-ring (bicyclic) bond motifs is 4. The zero-order chi connectivity index (χ0) is 17.5. The molecular formula is C22H16N2OS. The third-order valence-electron chi connectivity index (χ3n) is 4.85. The number of carbonyl (C=O) groups excluding carboxylic acids is 1. The van der Waals surface area contributed by atoms with E-state index >= 15 is 0 Å². The lowest BCUT2D eigenvalue weighted by Gasteiger charge is -2.13. The molecule has 126 valence electrons.